The highest BCUT2D eigenvalue weighted by Crippen LogP contribution is 2.20. The van der Waals surface area contributed by atoms with Gasteiger partial charge in [0.05, 0.1) is 24.2 Å². The highest BCUT2D eigenvalue weighted by molar-refractivity contribution is 5.95. The molecule has 2 aromatic heterocycles. The molecule has 0 atom stereocenters. The monoisotopic (exact) mass is 275 g/mol. The van der Waals surface area contributed by atoms with Crippen LogP contribution in [0.2, 0.25) is 0 Å². The van der Waals surface area contributed by atoms with Crippen LogP contribution in [0.25, 0.3) is 0 Å². The maximum absolute atomic E-state index is 11.9. The average Bonchev–Trinajstić information content (AvgIpc) is 2.84. The van der Waals surface area contributed by atoms with Gasteiger partial charge in [0.1, 0.15) is 17.2 Å². The van der Waals surface area contributed by atoms with Gasteiger partial charge in [-0.3, -0.25) is 5.10 Å². The minimum Gasteiger partial charge on any atom is -0.462 e. The van der Waals surface area contributed by atoms with Crippen molar-refractivity contribution in [1.82, 2.24) is 20.2 Å². The molecule has 0 aliphatic carbocycles. The number of anilines is 2. The Bertz CT molecular complexity index is 609. The third kappa shape index (κ3) is 2.93. The number of aromatic nitrogens is 4. The van der Waals surface area contributed by atoms with Crippen LogP contribution in [0.5, 0.6) is 0 Å². The molecule has 7 nitrogen and oxygen atoms in total. The summed E-state index contributed by atoms with van der Waals surface area (Å²) in [6.45, 7) is 5.89. The van der Waals surface area contributed by atoms with Crippen LogP contribution in [-0.2, 0) is 11.2 Å². The van der Waals surface area contributed by atoms with E-state index in [-0.39, 0.29) is 0 Å². The van der Waals surface area contributed by atoms with Crippen molar-refractivity contribution < 1.29 is 9.53 Å². The first kappa shape index (κ1) is 14.0. The van der Waals surface area contributed by atoms with E-state index in [9.17, 15) is 4.79 Å². The maximum Gasteiger partial charge on any atom is 0.343 e. The van der Waals surface area contributed by atoms with Gasteiger partial charge < -0.3 is 10.1 Å². The number of hydrogen-bond acceptors (Lipinski definition) is 6. The molecule has 0 saturated heterocycles. The lowest BCUT2D eigenvalue weighted by atomic mass is 10.2. The standard InChI is InChI=1S/C13H17N5O2/c1-4-11-14-6-9(13(19)20-5-2)12(17-11)16-10-7-15-18-8(10)3/h6-7H,4-5H2,1-3H3,(H,15,18)(H,14,16,17). The van der Waals surface area contributed by atoms with Crippen molar-refractivity contribution in [2.45, 2.75) is 27.2 Å². The highest BCUT2D eigenvalue weighted by atomic mass is 16.5. The Balaban J connectivity index is 2.37. The van der Waals surface area contributed by atoms with Crippen LogP contribution < -0.4 is 5.32 Å². The fraction of sp³-hybridized carbons (Fsp3) is 0.385. The fourth-order valence-electron chi connectivity index (χ4n) is 1.65. The molecule has 106 valence electrons. The van der Waals surface area contributed by atoms with E-state index in [2.05, 4.69) is 25.5 Å². The molecule has 0 amide bonds. The summed E-state index contributed by atoms with van der Waals surface area (Å²) in [7, 11) is 0. The molecule has 2 rings (SSSR count). The van der Waals surface area contributed by atoms with Crippen LogP contribution in [-0.4, -0.2) is 32.7 Å². The Hall–Kier alpha value is -2.44. The number of hydrogen-bond donors (Lipinski definition) is 2. The molecule has 2 heterocycles. The first-order chi connectivity index (χ1) is 9.65. The Labute approximate surface area is 116 Å². The summed E-state index contributed by atoms with van der Waals surface area (Å²) in [6.07, 6.45) is 3.81. The maximum atomic E-state index is 11.9. The lowest BCUT2D eigenvalue weighted by Gasteiger charge is -2.10. The van der Waals surface area contributed by atoms with E-state index in [1.165, 1.54) is 6.20 Å². The molecule has 0 aliphatic rings. The molecular formula is C13H17N5O2. The molecule has 2 aromatic rings. The Morgan fingerprint density at radius 2 is 2.20 bits per heavy atom. The van der Waals surface area contributed by atoms with E-state index in [0.717, 1.165) is 11.4 Å². The van der Waals surface area contributed by atoms with Gasteiger partial charge in [0.15, 0.2) is 0 Å². The molecule has 0 bridgehead atoms. The zero-order valence-corrected chi connectivity index (χ0v) is 11.7. The normalized spacial score (nSPS) is 10.3. The minimum absolute atomic E-state index is 0.304. The first-order valence-corrected chi connectivity index (χ1v) is 6.45. The summed E-state index contributed by atoms with van der Waals surface area (Å²) in [4.78, 5) is 20.4. The predicted molar refractivity (Wildman–Crippen MR) is 74.0 cm³/mol. The van der Waals surface area contributed by atoms with Gasteiger partial charge in [-0.2, -0.15) is 5.10 Å². The molecule has 0 unspecified atom stereocenters. The third-order valence-electron chi connectivity index (χ3n) is 2.73. The van der Waals surface area contributed by atoms with Crippen LogP contribution >= 0.6 is 0 Å². The van der Waals surface area contributed by atoms with Crippen LogP contribution in [0.1, 0.15) is 35.7 Å². The van der Waals surface area contributed by atoms with Crippen LogP contribution in [0, 0.1) is 6.92 Å². The SMILES string of the molecule is CCOC(=O)c1cnc(CC)nc1Nc1cn[nH]c1C. The van der Waals surface area contributed by atoms with Crippen molar-refractivity contribution in [2.24, 2.45) is 0 Å². The Morgan fingerprint density at radius 1 is 1.40 bits per heavy atom. The zero-order chi connectivity index (χ0) is 14.5. The second-order valence-corrected chi connectivity index (χ2v) is 4.16. The van der Waals surface area contributed by atoms with E-state index >= 15 is 0 Å². The average molecular weight is 275 g/mol. The summed E-state index contributed by atoms with van der Waals surface area (Å²) in [5.74, 6) is 0.639. The molecule has 0 aliphatic heterocycles. The lowest BCUT2D eigenvalue weighted by molar-refractivity contribution is 0.0526. The van der Waals surface area contributed by atoms with Crippen LogP contribution in [0.15, 0.2) is 12.4 Å². The second kappa shape index (κ2) is 6.14. The summed E-state index contributed by atoms with van der Waals surface area (Å²) in [5.41, 5.74) is 1.93. The number of H-pyrrole nitrogens is 1. The molecule has 0 fully saturated rings. The number of carbonyl (C=O) groups excluding carboxylic acids is 1. The highest BCUT2D eigenvalue weighted by Gasteiger charge is 2.16. The topological polar surface area (TPSA) is 92.8 Å². The van der Waals surface area contributed by atoms with Gasteiger partial charge in [-0.25, -0.2) is 14.8 Å². The predicted octanol–water partition coefficient (Wildman–Crippen LogP) is 1.99. The van der Waals surface area contributed by atoms with Crippen LogP contribution in [0.3, 0.4) is 0 Å². The number of rotatable bonds is 5. The quantitative estimate of drug-likeness (QED) is 0.811. The van der Waals surface area contributed by atoms with E-state index in [1.54, 1.807) is 13.1 Å². The lowest BCUT2D eigenvalue weighted by Crippen LogP contribution is -2.11. The van der Waals surface area contributed by atoms with Crippen molar-refractivity contribution in [3.63, 3.8) is 0 Å². The van der Waals surface area contributed by atoms with Crippen molar-refractivity contribution in [1.29, 1.82) is 0 Å². The number of aryl methyl sites for hydroxylation is 2. The number of ether oxygens (including phenoxy) is 1. The Kier molecular flexibility index (Phi) is 4.29. The molecule has 20 heavy (non-hydrogen) atoms. The smallest absolute Gasteiger partial charge is 0.343 e. The third-order valence-corrected chi connectivity index (χ3v) is 2.73. The molecule has 0 saturated carbocycles. The Morgan fingerprint density at radius 3 is 2.80 bits per heavy atom. The first-order valence-electron chi connectivity index (χ1n) is 6.45. The van der Waals surface area contributed by atoms with Gasteiger partial charge in [-0.15, -0.1) is 0 Å². The van der Waals surface area contributed by atoms with E-state index in [0.29, 0.717) is 30.2 Å². The summed E-state index contributed by atoms with van der Waals surface area (Å²) >= 11 is 0. The zero-order valence-electron chi connectivity index (χ0n) is 11.7. The van der Waals surface area contributed by atoms with Gasteiger partial charge in [0, 0.05) is 12.6 Å². The molecule has 2 N–H and O–H groups in total. The summed E-state index contributed by atoms with van der Waals surface area (Å²) < 4.78 is 5.01. The molecule has 7 heteroatoms. The minimum atomic E-state index is -0.446. The second-order valence-electron chi connectivity index (χ2n) is 4.16. The summed E-state index contributed by atoms with van der Waals surface area (Å²) in [6, 6.07) is 0. The molecule has 0 radical (unpaired) electrons. The van der Waals surface area contributed by atoms with Gasteiger partial charge in [0.25, 0.3) is 0 Å². The number of carbonyl (C=O) groups is 1. The fourth-order valence-corrected chi connectivity index (χ4v) is 1.65. The van der Waals surface area contributed by atoms with Crippen molar-refractivity contribution in [2.75, 3.05) is 11.9 Å². The van der Waals surface area contributed by atoms with Crippen LogP contribution in [0.4, 0.5) is 11.5 Å². The van der Waals surface area contributed by atoms with Gasteiger partial charge in [0.2, 0.25) is 0 Å². The number of esters is 1. The largest absolute Gasteiger partial charge is 0.462 e. The van der Waals surface area contributed by atoms with Crippen molar-refractivity contribution >= 4 is 17.5 Å². The van der Waals surface area contributed by atoms with E-state index in [4.69, 9.17) is 4.74 Å². The number of nitrogens with zero attached hydrogens (tertiary/aromatic N) is 3. The molecular weight excluding hydrogens is 258 g/mol. The van der Waals surface area contributed by atoms with Crippen molar-refractivity contribution in [3.05, 3.63) is 29.5 Å². The molecule has 0 spiro atoms. The number of nitrogens with one attached hydrogen (secondary N) is 2. The van der Waals surface area contributed by atoms with Gasteiger partial charge in [-0.05, 0) is 13.8 Å². The number of aromatic amines is 1. The summed E-state index contributed by atoms with van der Waals surface area (Å²) in [5, 5.41) is 9.83. The van der Waals surface area contributed by atoms with E-state index < -0.39 is 5.97 Å². The van der Waals surface area contributed by atoms with E-state index in [1.807, 2.05) is 13.8 Å². The van der Waals surface area contributed by atoms with Gasteiger partial charge in [-0.1, -0.05) is 6.92 Å². The molecule has 0 aromatic carbocycles. The van der Waals surface area contributed by atoms with Crippen molar-refractivity contribution in [3.8, 4) is 0 Å². The van der Waals surface area contributed by atoms with Gasteiger partial charge >= 0.3 is 5.97 Å².